The van der Waals surface area contributed by atoms with E-state index < -0.39 is 35.0 Å². The molecule has 0 atom stereocenters. The molecular weight excluding hydrogens is 431 g/mol. The molecule has 8 heteroatoms. The third kappa shape index (κ3) is 4.69. The number of hydrogen-bond donors (Lipinski definition) is 2. The molecule has 0 bridgehead atoms. The fraction of sp³-hybridized carbons (Fsp3) is 0.200. The Kier molecular flexibility index (Phi) is 6.35. The van der Waals surface area contributed by atoms with Crippen molar-refractivity contribution in [2.24, 2.45) is 5.92 Å². The van der Waals surface area contributed by atoms with Gasteiger partial charge in [0.05, 0.1) is 22.9 Å². The van der Waals surface area contributed by atoms with Crippen molar-refractivity contribution in [2.45, 2.75) is 13.3 Å². The molecule has 2 N–H and O–H groups in total. The van der Waals surface area contributed by atoms with Crippen molar-refractivity contribution in [3.8, 4) is 0 Å². The van der Waals surface area contributed by atoms with Crippen molar-refractivity contribution in [1.82, 2.24) is 4.90 Å². The van der Waals surface area contributed by atoms with Gasteiger partial charge in [-0.3, -0.25) is 9.59 Å². The fourth-order valence-electron chi connectivity index (χ4n) is 3.61. The summed E-state index contributed by atoms with van der Waals surface area (Å²) in [6.45, 7) is 2.14. The molecule has 0 aliphatic carbocycles. The van der Waals surface area contributed by atoms with Gasteiger partial charge in [-0.25, -0.2) is 13.2 Å². The molecule has 0 radical (unpaired) electrons. The summed E-state index contributed by atoms with van der Waals surface area (Å²) in [5.41, 5.74) is 0.731. The number of aryl methyl sites for hydroxylation is 1. The first-order valence-electron chi connectivity index (χ1n) is 10.6. The molecule has 33 heavy (non-hydrogen) atoms. The smallest absolute Gasteiger partial charge is 0.256 e. The Bertz CT molecular complexity index is 1200. The third-order valence-electron chi connectivity index (χ3n) is 5.61. The summed E-state index contributed by atoms with van der Waals surface area (Å²) < 4.78 is 43.0. The number of rotatable bonds is 6. The number of hydrogen-bond acceptors (Lipinski definition) is 3. The van der Waals surface area contributed by atoms with Gasteiger partial charge in [0, 0.05) is 18.8 Å². The van der Waals surface area contributed by atoms with E-state index in [1.54, 1.807) is 30.3 Å². The van der Waals surface area contributed by atoms with Crippen LogP contribution in [0.4, 0.5) is 30.2 Å². The molecule has 1 aliphatic heterocycles. The van der Waals surface area contributed by atoms with Gasteiger partial charge < -0.3 is 15.5 Å². The van der Waals surface area contributed by atoms with Crippen LogP contribution >= 0.6 is 0 Å². The first-order valence-corrected chi connectivity index (χ1v) is 10.6. The number of carbonyl (C=O) groups excluding carboxylic acids is 2. The van der Waals surface area contributed by atoms with Gasteiger partial charge in [0.25, 0.3) is 5.91 Å². The maximum Gasteiger partial charge on any atom is 0.256 e. The maximum atomic E-state index is 14.6. The van der Waals surface area contributed by atoms with Gasteiger partial charge in [0.1, 0.15) is 5.82 Å². The number of halogens is 3. The summed E-state index contributed by atoms with van der Waals surface area (Å²) in [6, 6.07) is 15.3. The highest BCUT2D eigenvalue weighted by molar-refractivity contribution is 6.02. The lowest BCUT2D eigenvalue weighted by atomic mass is 9.97. The number of amides is 2. The molecule has 0 aromatic heterocycles. The highest BCUT2D eigenvalue weighted by atomic mass is 19.2. The molecule has 3 aromatic rings. The largest absolute Gasteiger partial charge is 0.350 e. The van der Waals surface area contributed by atoms with Crippen molar-refractivity contribution < 1.29 is 22.8 Å². The second kappa shape index (κ2) is 9.36. The van der Waals surface area contributed by atoms with E-state index in [0.29, 0.717) is 12.1 Å². The number of anilines is 3. The molecule has 0 spiro atoms. The van der Waals surface area contributed by atoms with Crippen LogP contribution in [-0.2, 0) is 11.2 Å². The molecule has 4 rings (SSSR count). The van der Waals surface area contributed by atoms with E-state index >= 15 is 0 Å². The monoisotopic (exact) mass is 453 g/mol. The molecule has 170 valence electrons. The molecule has 1 aliphatic rings. The molecule has 0 saturated carbocycles. The maximum absolute atomic E-state index is 14.6. The quantitative estimate of drug-likeness (QED) is 0.545. The lowest BCUT2D eigenvalue weighted by Gasteiger charge is -2.38. The average Bonchev–Trinajstić information content (AvgIpc) is 2.77. The predicted molar refractivity (Wildman–Crippen MR) is 120 cm³/mol. The number of likely N-dealkylation sites (tertiary alicyclic amines) is 1. The van der Waals surface area contributed by atoms with E-state index in [-0.39, 0.29) is 30.2 Å². The number of nitrogens with one attached hydrogen (secondary N) is 2. The van der Waals surface area contributed by atoms with E-state index in [4.69, 9.17) is 0 Å². The first-order chi connectivity index (χ1) is 15.9. The molecule has 0 unspecified atom stereocenters. The summed E-state index contributed by atoms with van der Waals surface area (Å²) in [5, 5.41) is 5.31. The predicted octanol–water partition coefficient (Wildman–Crippen LogP) is 5.12. The van der Waals surface area contributed by atoms with Crippen LogP contribution in [0.3, 0.4) is 0 Å². The molecule has 1 heterocycles. The van der Waals surface area contributed by atoms with Crippen molar-refractivity contribution in [1.29, 1.82) is 0 Å². The Balaban J connectivity index is 1.49. The number of para-hydroxylation sites is 1. The van der Waals surface area contributed by atoms with Crippen LogP contribution in [0.2, 0.25) is 0 Å². The van der Waals surface area contributed by atoms with Gasteiger partial charge in [0.2, 0.25) is 5.91 Å². The van der Waals surface area contributed by atoms with Crippen LogP contribution in [0.5, 0.6) is 0 Å². The number of benzene rings is 3. The fourth-order valence-corrected chi connectivity index (χ4v) is 3.61. The zero-order chi connectivity index (χ0) is 23.5. The minimum atomic E-state index is -1.28. The number of carbonyl (C=O) groups is 2. The van der Waals surface area contributed by atoms with E-state index in [0.717, 1.165) is 17.7 Å². The lowest BCUT2D eigenvalue weighted by molar-refractivity contribution is -0.123. The Morgan fingerprint density at radius 3 is 2.36 bits per heavy atom. The Labute approximate surface area is 189 Å². The van der Waals surface area contributed by atoms with E-state index in [1.165, 1.54) is 17.0 Å². The van der Waals surface area contributed by atoms with Crippen molar-refractivity contribution in [3.05, 3.63) is 89.2 Å². The van der Waals surface area contributed by atoms with E-state index in [1.807, 2.05) is 13.0 Å². The second-order valence-corrected chi connectivity index (χ2v) is 7.84. The van der Waals surface area contributed by atoms with Crippen molar-refractivity contribution >= 4 is 28.9 Å². The standard InChI is InChI=1S/C25H22F3N3O2/c1-2-15-8-11-21(20(27)12-15)30-23-18(9-10-19(26)22(23)28)25(33)31-13-16(14-31)24(32)29-17-6-4-3-5-7-17/h3-12,16,30H,2,13-14H2,1H3,(H,29,32). The minimum absolute atomic E-state index is 0.0746. The lowest BCUT2D eigenvalue weighted by Crippen LogP contribution is -2.54. The Hall–Kier alpha value is -3.81. The Morgan fingerprint density at radius 2 is 1.70 bits per heavy atom. The zero-order valence-corrected chi connectivity index (χ0v) is 17.9. The minimum Gasteiger partial charge on any atom is -0.350 e. The van der Waals surface area contributed by atoms with Crippen molar-refractivity contribution in [3.63, 3.8) is 0 Å². The third-order valence-corrected chi connectivity index (χ3v) is 5.61. The summed E-state index contributed by atoms with van der Waals surface area (Å²) in [7, 11) is 0. The molecular formula is C25H22F3N3O2. The van der Waals surface area contributed by atoms with Gasteiger partial charge in [-0.05, 0) is 48.4 Å². The van der Waals surface area contributed by atoms with Crippen LogP contribution in [0.25, 0.3) is 0 Å². The molecule has 1 saturated heterocycles. The van der Waals surface area contributed by atoms with E-state index in [2.05, 4.69) is 10.6 Å². The van der Waals surface area contributed by atoms with Gasteiger partial charge in [-0.2, -0.15) is 0 Å². The summed E-state index contributed by atoms with van der Waals surface area (Å²) >= 11 is 0. The van der Waals surface area contributed by atoms with Crippen molar-refractivity contribution in [2.75, 3.05) is 23.7 Å². The van der Waals surface area contributed by atoms with Crippen LogP contribution in [0.1, 0.15) is 22.8 Å². The number of nitrogens with zero attached hydrogens (tertiary/aromatic N) is 1. The average molecular weight is 453 g/mol. The van der Waals surface area contributed by atoms with E-state index in [9.17, 15) is 22.8 Å². The van der Waals surface area contributed by atoms with Gasteiger partial charge in [-0.1, -0.05) is 31.2 Å². The Morgan fingerprint density at radius 1 is 0.970 bits per heavy atom. The molecule has 2 amide bonds. The van der Waals surface area contributed by atoms with Crippen LogP contribution in [0, 0.1) is 23.4 Å². The second-order valence-electron chi connectivity index (χ2n) is 7.84. The molecule has 5 nitrogen and oxygen atoms in total. The zero-order valence-electron chi connectivity index (χ0n) is 17.9. The van der Waals surface area contributed by atoms with Gasteiger partial charge in [-0.15, -0.1) is 0 Å². The SMILES string of the molecule is CCc1ccc(Nc2c(C(=O)N3CC(C(=O)Nc4ccccc4)C3)ccc(F)c2F)c(F)c1. The first kappa shape index (κ1) is 22.4. The van der Waals surface area contributed by atoms with Crippen LogP contribution in [0.15, 0.2) is 60.7 Å². The normalized spacial score (nSPS) is 13.4. The van der Waals surface area contributed by atoms with Gasteiger partial charge >= 0.3 is 0 Å². The topological polar surface area (TPSA) is 61.4 Å². The molecule has 1 fully saturated rings. The summed E-state index contributed by atoms with van der Waals surface area (Å²) in [5.74, 6) is -4.31. The van der Waals surface area contributed by atoms with Crippen LogP contribution < -0.4 is 10.6 Å². The highest BCUT2D eigenvalue weighted by Gasteiger charge is 2.37. The summed E-state index contributed by atoms with van der Waals surface area (Å²) in [4.78, 5) is 26.7. The molecule has 3 aromatic carbocycles. The highest BCUT2D eigenvalue weighted by Crippen LogP contribution is 2.31. The van der Waals surface area contributed by atoms with Crippen LogP contribution in [-0.4, -0.2) is 29.8 Å². The summed E-state index contributed by atoms with van der Waals surface area (Å²) in [6.07, 6.45) is 0.614. The van der Waals surface area contributed by atoms with Gasteiger partial charge in [0.15, 0.2) is 11.6 Å².